The number of aliphatic hydroxyl groups is 8. The first-order valence-corrected chi connectivity index (χ1v) is 7.27. The second kappa shape index (κ2) is 6.63. The fourth-order valence-corrected chi connectivity index (χ4v) is 3.31. The molecule has 2 aliphatic rings. The van der Waals surface area contributed by atoms with Crippen LogP contribution in [0.1, 0.15) is 12.8 Å². The first kappa shape index (κ1) is 18.0. The third-order valence-electron chi connectivity index (χ3n) is 4.85. The van der Waals surface area contributed by atoms with Gasteiger partial charge in [-0.2, -0.15) is 0 Å². The van der Waals surface area contributed by atoms with E-state index < -0.39 is 60.9 Å². The number of ether oxygens (including phenoxy) is 1. The van der Waals surface area contributed by atoms with Gasteiger partial charge in [-0.15, -0.1) is 0 Å². The maximum absolute atomic E-state index is 10.7. The van der Waals surface area contributed by atoms with Gasteiger partial charge in [0.05, 0.1) is 12.7 Å². The highest BCUT2D eigenvalue weighted by Crippen LogP contribution is 2.40. The second-order valence-corrected chi connectivity index (χ2v) is 6.16. The lowest BCUT2D eigenvalue weighted by molar-refractivity contribution is -0.301. The quantitative estimate of drug-likeness (QED) is 0.256. The Labute approximate surface area is 127 Å². The van der Waals surface area contributed by atoms with Gasteiger partial charge >= 0.3 is 0 Å². The van der Waals surface area contributed by atoms with Crippen molar-refractivity contribution in [3.05, 3.63) is 0 Å². The van der Waals surface area contributed by atoms with E-state index in [9.17, 15) is 30.6 Å². The largest absolute Gasteiger partial charge is 0.396 e. The van der Waals surface area contributed by atoms with Crippen LogP contribution >= 0.6 is 0 Å². The van der Waals surface area contributed by atoms with Crippen LogP contribution in [0.2, 0.25) is 0 Å². The number of aliphatic hydroxyl groups excluding tert-OH is 7. The fraction of sp³-hybridized carbons (Fsp3) is 1.00. The van der Waals surface area contributed by atoms with Crippen LogP contribution in [0.3, 0.4) is 0 Å². The Hall–Kier alpha value is -0.360. The zero-order chi connectivity index (χ0) is 16.7. The summed E-state index contributed by atoms with van der Waals surface area (Å²) in [7, 11) is 0. The van der Waals surface area contributed by atoms with Gasteiger partial charge in [-0.25, -0.2) is 0 Å². The van der Waals surface area contributed by atoms with Crippen LogP contribution in [-0.2, 0) is 4.74 Å². The molecule has 9 heteroatoms. The summed E-state index contributed by atoms with van der Waals surface area (Å²) in [5, 5.41) is 78.7. The summed E-state index contributed by atoms with van der Waals surface area (Å²) in [6.45, 7) is -1.03. The molecule has 22 heavy (non-hydrogen) atoms. The van der Waals surface area contributed by atoms with Crippen LogP contribution in [0.15, 0.2) is 0 Å². The molecule has 0 aromatic carbocycles. The molecule has 4 unspecified atom stereocenters. The van der Waals surface area contributed by atoms with E-state index in [1.807, 2.05) is 0 Å². The zero-order valence-corrected chi connectivity index (χ0v) is 11.9. The van der Waals surface area contributed by atoms with Crippen LogP contribution in [0.5, 0.6) is 0 Å². The molecule has 1 saturated heterocycles. The minimum atomic E-state index is -2.08. The molecule has 0 amide bonds. The lowest BCUT2D eigenvalue weighted by Gasteiger charge is -2.52. The highest BCUT2D eigenvalue weighted by molar-refractivity contribution is 5.08. The molecule has 0 bridgehead atoms. The van der Waals surface area contributed by atoms with E-state index in [2.05, 4.69) is 0 Å². The van der Waals surface area contributed by atoms with Crippen molar-refractivity contribution in [2.45, 2.75) is 61.2 Å². The lowest BCUT2D eigenvalue weighted by Crippen LogP contribution is -2.71. The highest BCUT2D eigenvalue weighted by atomic mass is 16.6. The minimum Gasteiger partial charge on any atom is -0.396 e. The molecule has 0 aromatic rings. The van der Waals surface area contributed by atoms with Gasteiger partial charge < -0.3 is 45.6 Å². The Morgan fingerprint density at radius 3 is 2.05 bits per heavy atom. The highest BCUT2D eigenvalue weighted by Gasteiger charge is 2.58. The monoisotopic (exact) mass is 324 g/mol. The number of rotatable bonds is 3. The SMILES string of the molecule is OCC1CCC(O)([C@H]2O[C@H](CO)[C@@H](O)[C@H](O)[C@H]2O)C(O)C1O. The molecule has 1 aliphatic carbocycles. The van der Waals surface area contributed by atoms with E-state index in [0.717, 1.165) is 0 Å². The predicted molar refractivity (Wildman–Crippen MR) is 70.5 cm³/mol. The van der Waals surface area contributed by atoms with Crippen molar-refractivity contribution in [1.29, 1.82) is 0 Å². The van der Waals surface area contributed by atoms with Gasteiger partial charge in [0, 0.05) is 12.5 Å². The summed E-state index contributed by atoms with van der Waals surface area (Å²) in [5.74, 6) is -0.625. The van der Waals surface area contributed by atoms with Crippen LogP contribution in [0, 0.1) is 5.92 Å². The third kappa shape index (κ3) is 2.77. The summed E-state index contributed by atoms with van der Waals surface area (Å²) in [6, 6.07) is 0. The van der Waals surface area contributed by atoms with E-state index in [0.29, 0.717) is 0 Å². The first-order chi connectivity index (χ1) is 10.3. The van der Waals surface area contributed by atoms with Crippen molar-refractivity contribution >= 4 is 0 Å². The van der Waals surface area contributed by atoms with Crippen LogP contribution in [0.25, 0.3) is 0 Å². The molecule has 0 spiro atoms. The molecule has 1 aliphatic heterocycles. The Morgan fingerprint density at radius 2 is 1.50 bits per heavy atom. The van der Waals surface area contributed by atoms with Gasteiger partial charge in [0.2, 0.25) is 0 Å². The van der Waals surface area contributed by atoms with Gasteiger partial charge in [-0.3, -0.25) is 0 Å². The molecule has 1 heterocycles. The van der Waals surface area contributed by atoms with Crippen molar-refractivity contribution in [3.63, 3.8) is 0 Å². The lowest BCUT2D eigenvalue weighted by atomic mass is 9.69. The predicted octanol–water partition coefficient (Wildman–Crippen LogP) is -4.32. The molecule has 1 saturated carbocycles. The number of hydrogen-bond donors (Lipinski definition) is 8. The van der Waals surface area contributed by atoms with Gasteiger partial charge in [0.15, 0.2) is 0 Å². The standard InChI is InChI=1S/C13H24O9/c14-3-5-1-2-13(21,11(20)7(5)16)12-10(19)9(18)8(17)6(4-15)22-12/h5-12,14-21H,1-4H2/t5?,6-,7?,8-,9+,10-,11?,12+,13?/m1/s1. The maximum Gasteiger partial charge on any atom is 0.122 e. The van der Waals surface area contributed by atoms with Gasteiger partial charge in [0.25, 0.3) is 0 Å². The Morgan fingerprint density at radius 1 is 0.864 bits per heavy atom. The average Bonchev–Trinajstić information content (AvgIpc) is 2.51. The Balaban J connectivity index is 2.24. The van der Waals surface area contributed by atoms with Crippen molar-refractivity contribution in [3.8, 4) is 0 Å². The van der Waals surface area contributed by atoms with E-state index in [1.54, 1.807) is 0 Å². The maximum atomic E-state index is 10.7. The molecule has 2 fully saturated rings. The molecule has 2 rings (SSSR count). The molecule has 9 nitrogen and oxygen atoms in total. The van der Waals surface area contributed by atoms with Crippen LogP contribution in [0.4, 0.5) is 0 Å². The van der Waals surface area contributed by atoms with Crippen molar-refractivity contribution in [2.75, 3.05) is 13.2 Å². The molecule has 9 atom stereocenters. The van der Waals surface area contributed by atoms with Gasteiger partial charge in [-0.1, -0.05) is 0 Å². The fourth-order valence-electron chi connectivity index (χ4n) is 3.31. The van der Waals surface area contributed by atoms with E-state index >= 15 is 0 Å². The van der Waals surface area contributed by atoms with Crippen molar-refractivity contribution in [1.82, 2.24) is 0 Å². The summed E-state index contributed by atoms with van der Waals surface area (Å²) < 4.78 is 5.27. The zero-order valence-electron chi connectivity index (χ0n) is 11.9. The number of hydrogen-bond acceptors (Lipinski definition) is 9. The second-order valence-electron chi connectivity index (χ2n) is 6.16. The van der Waals surface area contributed by atoms with Crippen molar-refractivity contribution < 1.29 is 45.6 Å². The molecular weight excluding hydrogens is 300 g/mol. The summed E-state index contributed by atoms with van der Waals surface area (Å²) in [6.07, 6.45) is -10.8. The van der Waals surface area contributed by atoms with Crippen molar-refractivity contribution in [2.24, 2.45) is 5.92 Å². The Kier molecular flexibility index (Phi) is 5.42. The first-order valence-electron chi connectivity index (χ1n) is 7.27. The van der Waals surface area contributed by atoms with Crippen LogP contribution < -0.4 is 0 Å². The summed E-state index contributed by atoms with van der Waals surface area (Å²) in [5.41, 5.74) is -2.08. The molecule has 130 valence electrons. The van der Waals surface area contributed by atoms with Gasteiger partial charge in [0.1, 0.15) is 42.2 Å². The summed E-state index contributed by atoms with van der Waals surface area (Å²) >= 11 is 0. The minimum absolute atomic E-state index is 0.0981. The smallest absolute Gasteiger partial charge is 0.122 e. The normalized spacial score (nSPS) is 53.5. The van der Waals surface area contributed by atoms with E-state index in [4.69, 9.17) is 14.9 Å². The molecule has 0 radical (unpaired) electrons. The Bertz CT molecular complexity index is 379. The van der Waals surface area contributed by atoms with Crippen LogP contribution in [-0.4, -0.2) is 102 Å². The average molecular weight is 324 g/mol. The van der Waals surface area contributed by atoms with E-state index in [-0.39, 0.29) is 19.4 Å². The molecule has 0 aromatic heterocycles. The van der Waals surface area contributed by atoms with Gasteiger partial charge in [-0.05, 0) is 12.8 Å². The van der Waals surface area contributed by atoms with E-state index in [1.165, 1.54) is 0 Å². The summed E-state index contributed by atoms with van der Waals surface area (Å²) in [4.78, 5) is 0. The topological polar surface area (TPSA) is 171 Å². The molecular formula is C13H24O9. The molecule has 8 N–H and O–H groups in total. The third-order valence-corrected chi connectivity index (χ3v) is 4.85.